The highest BCUT2D eigenvalue weighted by atomic mass is 16.3. The van der Waals surface area contributed by atoms with E-state index in [2.05, 4.69) is 5.32 Å². The Kier molecular flexibility index (Phi) is 7.15. The summed E-state index contributed by atoms with van der Waals surface area (Å²) in [6.07, 6.45) is 3.91. The van der Waals surface area contributed by atoms with Crippen molar-refractivity contribution in [3.05, 3.63) is 0 Å². The molecule has 0 aromatic heterocycles. The highest BCUT2D eigenvalue weighted by molar-refractivity contribution is 4.82. The normalized spacial score (nSPS) is 14.4. The Morgan fingerprint density at radius 1 is 1.14 bits per heavy atom. The third kappa shape index (κ3) is 6.35. The second kappa shape index (κ2) is 7.21. The van der Waals surface area contributed by atoms with Gasteiger partial charge in [-0.15, -0.1) is 0 Å². The zero-order valence-corrected chi connectivity index (χ0v) is 9.71. The fraction of sp³-hybridized carbons (Fsp3) is 1.00. The van der Waals surface area contributed by atoms with Crippen LogP contribution in [-0.2, 0) is 0 Å². The van der Waals surface area contributed by atoms with Crippen LogP contribution >= 0.6 is 0 Å². The first-order valence-corrected chi connectivity index (χ1v) is 5.54. The van der Waals surface area contributed by atoms with Crippen molar-refractivity contribution in [1.82, 2.24) is 5.32 Å². The second-order valence-corrected chi connectivity index (χ2v) is 4.46. The Labute approximate surface area is 87.5 Å². The molecule has 0 spiro atoms. The summed E-state index contributed by atoms with van der Waals surface area (Å²) in [6.45, 7) is 7.05. The number of aliphatic hydroxyl groups is 2. The van der Waals surface area contributed by atoms with Crippen LogP contribution in [0.5, 0.6) is 0 Å². The molecular weight excluding hydrogens is 178 g/mol. The number of aliphatic hydroxyl groups excluding tert-OH is 2. The maximum Gasteiger partial charge on any atom is 0.0688 e. The van der Waals surface area contributed by atoms with E-state index >= 15 is 0 Å². The number of unbranched alkanes of at least 4 members (excludes halogenated alkanes) is 3. The predicted molar refractivity (Wildman–Crippen MR) is 59.3 cm³/mol. The molecule has 86 valence electrons. The lowest BCUT2D eigenvalue weighted by Crippen LogP contribution is -2.48. The largest absolute Gasteiger partial charge is 0.396 e. The van der Waals surface area contributed by atoms with Crippen LogP contribution in [-0.4, -0.2) is 35.0 Å². The number of rotatable bonds is 8. The van der Waals surface area contributed by atoms with Crippen LogP contribution < -0.4 is 5.32 Å². The molecule has 0 saturated carbocycles. The number of hydrogen-bond donors (Lipinski definition) is 3. The minimum atomic E-state index is -0.333. The van der Waals surface area contributed by atoms with Crippen LogP contribution in [0, 0.1) is 0 Å². The summed E-state index contributed by atoms with van der Waals surface area (Å²) in [7, 11) is 0. The summed E-state index contributed by atoms with van der Waals surface area (Å²) in [4.78, 5) is 0. The first kappa shape index (κ1) is 13.9. The molecule has 0 aromatic rings. The van der Waals surface area contributed by atoms with E-state index in [1.54, 1.807) is 6.92 Å². The maximum absolute atomic E-state index is 9.43. The van der Waals surface area contributed by atoms with Crippen molar-refractivity contribution in [3.63, 3.8) is 0 Å². The standard InChI is InChI=1S/C11H25NO2/c1-10(14)11(2,3)12-8-6-4-5-7-9-13/h10,12-14H,4-9H2,1-3H3. The van der Waals surface area contributed by atoms with Crippen molar-refractivity contribution in [3.8, 4) is 0 Å². The van der Waals surface area contributed by atoms with Gasteiger partial charge >= 0.3 is 0 Å². The Morgan fingerprint density at radius 3 is 2.21 bits per heavy atom. The van der Waals surface area contributed by atoms with Crippen LogP contribution in [0.3, 0.4) is 0 Å². The Morgan fingerprint density at radius 2 is 1.71 bits per heavy atom. The molecule has 3 nitrogen and oxygen atoms in total. The van der Waals surface area contributed by atoms with Gasteiger partial charge in [0.2, 0.25) is 0 Å². The average Bonchev–Trinajstić information content (AvgIpc) is 2.10. The minimum absolute atomic E-state index is 0.197. The molecule has 3 heteroatoms. The summed E-state index contributed by atoms with van der Waals surface area (Å²) in [5.74, 6) is 0. The van der Waals surface area contributed by atoms with E-state index in [0.717, 1.165) is 32.2 Å². The molecule has 0 aliphatic heterocycles. The fourth-order valence-corrected chi connectivity index (χ4v) is 1.15. The summed E-state index contributed by atoms with van der Waals surface area (Å²) >= 11 is 0. The lowest BCUT2D eigenvalue weighted by Gasteiger charge is -2.29. The zero-order valence-electron chi connectivity index (χ0n) is 9.71. The van der Waals surface area contributed by atoms with Gasteiger partial charge in [0.05, 0.1) is 6.10 Å². The van der Waals surface area contributed by atoms with Crippen molar-refractivity contribution in [2.45, 2.75) is 58.1 Å². The zero-order chi connectivity index (χ0) is 11.0. The molecule has 0 aromatic carbocycles. The van der Waals surface area contributed by atoms with Gasteiger partial charge in [0.25, 0.3) is 0 Å². The highest BCUT2D eigenvalue weighted by Gasteiger charge is 2.22. The molecule has 0 rings (SSSR count). The number of hydrogen-bond acceptors (Lipinski definition) is 3. The SMILES string of the molecule is CC(O)C(C)(C)NCCCCCCO. The van der Waals surface area contributed by atoms with E-state index in [1.165, 1.54) is 0 Å². The van der Waals surface area contributed by atoms with Crippen molar-refractivity contribution >= 4 is 0 Å². The van der Waals surface area contributed by atoms with Gasteiger partial charge in [-0.2, -0.15) is 0 Å². The first-order chi connectivity index (χ1) is 6.50. The average molecular weight is 203 g/mol. The van der Waals surface area contributed by atoms with Crippen LogP contribution in [0.25, 0.3) is 0 Å². The predicted octanol–water partition coefficient (Wildman–Crippen LogP) is 1.29. The molecule has 1 unspecified atom stereocenters. The van der Waals surface area contributed by atoms with Crippen molar-refractivity contribution < 1.29 is 10.2 Å². The van der Waals surface area contributed by atoms with Gasteiger partial charge in [0.15, 0.2) is 0 Å². The summed E-state index contributed by atoms with van der Waals surface area (Å²) < 4.78 is 0. The van der Waals surface area contributed by atoms with Crippen LogP contribution in [0.15, 0.2) is 0 Å². The van der Waals surface area contributed by atoms with Crippen LogP contribution in [0.1, 0.15) is 46.5 Å². The van der Waals surface area contributed by atoms with E-state index in [4.69, 9.17) is 5.11 Å². The second-order valence-electron chi connectivity index (χ2n) is 4.46. The molecule has 0 heterocycles. The topological polar surface area (TPSA) is 52.5 Å². The molecule has 14 heavy (non-hydrogen) atoms. The lowest BCUT2D eigenvalue weighted by atomic mass is 9.98. The smallest absolute Gasteiger partial charge is 0.0688 e. The van der Waals surface area contributed by atoms with Gasteiger partial charge in [-0.3, -0.25) is 0 Å². The quantitative estimate of drug-likeness (QED) is 0.521. The van der Waals surface area contributed by atoms with Crippen LogP contribution in [0.4, 0.5) is 0 Å². The first-order valence-electron chi connectivity index (χ1n) is 5.54. The molecule has 0 aliphatic carbocycles. The molecule has 0 bridgehead atoms. The van der Waals surface area contributed by atoms with Gasteiger partial charge in [-0.1, -0.05) is 12.8 Å². The molecule has 0 aliphatic rings. The maximum atomic E-state index is 9.43. The molecule has 0 saturated heterocycles. The molecule has 0 fully saturated rings. The molecule has 0 amide bonds. The minimum Gasteiger partial charge on any atom is -0.396 e. The monoisotopic (exact) mass is 203 g/mol. The number of nitrogens with one attached hydrogen (secondary N) is 1. The van der Waals surface area contributed by atoms with E-state index in [1.807, 2.05) is 13.8 Å². The summed E-state index contributed by atoms with van der Waals surface area (Å²) in [5, 5.41) is 21.3. The molecule has 1 atom stereocenters. The molecular formula is C11H25NO2. The third-order valence-electron chi connectivity index (χ3n) is 2.71. The van der Waals surface area contributed by atoms with E-state index < -0.39 is 0 Å². The van der Waals surface area contributed by atoms with E-state index in [0.29, 0.717) is 6.61 Å². The summed E-state index contributed by atoms with van der Waals surface area (Å²) in [6, 6.07) is 0. The highest BCUT2D eigenvalue weighted by Crippen LogP contribution is 2.08. The van der Waals surface area contributed by atoms with Crippen LogP contribution in [0.2, 0.25) is 0 Å². The lowest BCUT2D eigenvalue weighted by molar-refractivity contribution is 0.0966. The van der Waals surface area contributed by atoms with E-state index in [-0.39, 0.29) is 11.6 Å². The van der Waals surface area contributed by atoms with Gasteiger partial charge in [-0.25, -0.2) is 0 Å². The van der Waals surface area contributed by atoms with Gasteiger partial charge in [0.1, 0.15) is 0 Å². The molecule has 0 radical (unpaired) electrons. The third-order valence-corrected chi connectivity index (χ3v) is 2.71. The van der Waals surface area contributed by atoms with Gasteiger partial charge in [0, 0.05) is 12.1 Å². The van der Waals surface area contributed by atoms with Crippen molar-refractivity contribution in [2.24, 2.45) is 0 Å². The van der Waals surface area contributed by atoms with E-state index in [9.17, 15) is 5.11 Å². The Balaban J connectivity index is 3.35. The Bertz CT molecular complexity index is 135. The van der Waals surface area contributed by atoms with Crippen molar-refractivity contribution in [2.75, 3.05) is 13.2 Å². The Hall–Kier alpha value is -0.120. The van der Waals surface area contributed by atoms with Gasteiger partial charge < -0.3 is 15.5 Å². The van der Waals surface area contributed by atoms with Gasteiger partial charge in [-0.05, 0) is 40.2 Å². The fourth-order valence-electron chi connectivity index (χ4n) is 1.15. The van der Waals surface area contributed by atoms with Crippen molar-refractivity contribution in [1.29, 1.82) is 0 Å². The summed E-state index contributed by atoms with van der Waals surface area (Å²) in [5.41, 5.74) is -0.197. The molecule has 3 N–H and O–H groups in total.